The van der Waals surface area contributed by atoms with Crippen LogP contribution in [0.3, 0.4) is 0 Å². The molecule has 1 N–H and O–H groups in total. The van der Waals surface area contributed by atoms with Crippen molar-refractivity contribution in [1.29, 1.82) is 0 Å². The van der Waals surface area contributed by atoms with E-state index in [1.54, 1.807) is 12.3 Å². The van der Waals surface area contributed by atoms with Gasteiger partial charge >= 0.3 is 5.97 Å². The molecule has 0 unspecified atom stereocenters. The molecule has 1 aromatic carbocycles. The maximum absolute atomic E-state index is 12.9. The van der Waals surface area contributed by atoms with E-state index in [1.165, 1.54) is 0 Å². The first-order valence-corrected chi connectivity index (χ1v) is 13.5. The summed E-state index contributed by atoms with van der Waals surface area (Å²) in [6.07, 6.45) is 9.78. The van der Waals surface area contributed by atoms with Crippen molar-refractivity contribution in [2.45, 2.75) is 71.8 Å². The van der Waals surface area contributed by atoms with Crippen LogP contribution >= 0.6 is 0 Å². The molecule has 7 heteroatoms. The molecule has 0 bridgehead atoms. The Morgan fingerprint density at radius 3 is 2.54 bits per heavy atom. The van der Waals surface area contributed by atoms with E-state index in [1.807, 2.05) is 31.2 Å². The third kappa shape index (κ3) is 4.91. The van der Waals surface area contributed by atoms with Crippen LogP contribution in [0.2, 0.25) is 0 Å². The van der Waals surface area contributed by atoms with Crippen molar-refractivity contribution in [3.8, 4) is 5.69 Å². The van der Waals surface area contributed by atoms with Gasteiger partial charge in [-0.3, -0.25) is 9.36 Å². The quantitative estimate of drug-likeness (QED) is 0.412. The van der Waals surface area contributed by atoms with E-state index in [9.17, 15) is 9.59 Å². The Kier molecular flexibility index (Phi) is 7.13. The molecular weight excluding hydrogens is 464 g/mol. The van der Waals surface area contributed by atoms with Gasteiger partial charge in [0.25, 0.3) is 0 Å². The zero-order valence-corrected chi connectivity index (χ0v) is 22.0. The number of rotatable bonds is 9. The topological polar surface area (TPSA) is 86.1 Å². The molecule has 0 saturated heterocycles. The lowest BCUT2D eigenvalue weighted by molar-refractivity contribution is -0.146. The normalized spacial score (nSPS) is 17.5. The van der Waals surface area contributed by atoms with Gasteiger partial charge in [0, 0.05) is 36.5 Å². The Labute approximate surface area is 218 Å². The summed E-state index contributed by atoms with van der Waals surface area (Å²) in [4.78, 5) is 34.9. The number of fused-ring (bicyclic) bond motifs is 1. The molecule has 1 atom stereocenters. The van der Waals surface area contributed by atoms with Gasteiger partial charge < -0.3 is 10.1 Å². The van der Waals surface area contributed by atoms with Gasteiger partial charge in [-0.1, -0.05) is 45.2 Å². The van der Waals surface area contributed by atoms with E-state index in [2.05, 4.69) is 40.8 Å². The molecule has 2 aliphatic rings. The number of ketones is 1. The van der Waals surface area contributed by atoms with Gasteiger partial charge in [-0.25, -0.2) is 14.8 Å². The number of carbonyl (C=O) groups is 2. The lowest BCUT2D eigenvalue weighted by Crippen LogP contribution is -2.52. The number of hydrogen-bond acceptors (Lipinski definition) is 6. The average molecular weight is 501 g/mol. The largest absolute Gasteiger partial charge is 0.464 e. The molecule has 0 aliphatic heterocycles. The van der Waals surface area contributed by atoms with Gasteiger partial charge in [0.1, 0.15) is 17.4 Å². The maximum Gasteiger partial charge on any atom is 0.328 e. The molecule has 0 amide bonds. The molecule has 7 nitrogen and oxygen atoms in total. The molecule has 2 aromatic heterocycles. The molecule has 3 aromatic rings. The number of aromatic nitrogens is 3. The van der Waals surface area contributed by atoms with Gasteiger partial charge in [-0.2, -0.15) is 0 Å². The first-order valence-electron chi connectivity index (χ1n) is 13.5. The van der Waals surface area contributed by atoms with Crippen LogP contribution in [0.1, 0.15) is 64.3 Å². The fourth-order valence-electron chi connectivity index (χ4n) is 5.69. The molecule has 2 heterocycles. The Bertz CT molecular complexity index is 1320. The number of hydrogen-bond donors (Lipinski definition) is 1. The van der Waals surface area contributed by atoms with Gasteiger partial charge in [0.2, 0.25) is 0 Å². The van der Waals surface area contributed by atoms with E-state index in [-0.39, 0.29) is 11.8 Å². The highest BCUT2D eigenvalue weighted by Gasteiger charge is 2.49. The Balaban J connectivity index is 1.39. The van der Waals surface area contributed by atoms with Crippen molar-refractivity contribution in [3.63, 3.8) is 0 Å². The predicted octanol–water partition coefficient (Wildman–Crippen LogP) is 5.10. The van der Waals surface area contributed by atoms with Crippen LogP contribution in [-0.4, -0.2) is 38.9 Å². The molecule has 194 valence electrons. The summed E-state index contributed by atoms with van der Waals surface area (Å²) < 4.78 is 7.52. The third-order valence-electron chi connectivity index (χ3n) is 7.58. The zero-order chi connectivity index (χ0) is 26.0. The van der Waals surface area contributed by atoms with Crippen LogP contribution in [0.4, 0.5) is 0 Å². The SMILES string of the molecule is CCOC(=O)[C@H](Cc1ccc(-n2c(CC(C)C)nc3cccnc32)cc1)NC1=CC(=O)C12CCCCC2. The minimum absolute atomic E-state index is 0.194. The lowest BCUT2D eigenvalue weighted by atomic mass is 9.62. The summed E-state index contributed by atoms with van der Waals surface area (Å²) in [5.41, 5.74) is 4.22. The summed E-state index contributed by atoms with van der Waals surface area (Å²) >= 11 is 0. The summed E-state index contributed by atoms with van der Waals surface area (Å²) in [5.74, 6) is 1.36. The number of carbonyl (C=O) groups excluding carboxylic acids is 2. The van der Waals surface area contributed by atoms with E-state index >= 15 is 0 Å². The van der Waals surface area contributed by atoms with Crippen molar-refractivity contribution in [2.75, 3.05) is 6.61 Å². The van der Waals surface area contributed by atoms with Crippen molar-refractivity contribution < 1.29 is 14.3 Å². The van der Waals surface area contributed by atoms with E-state index in [0.29, 0.717) is 18.9 Å². The van der Waals surface area contributed by atoms with Gasteiger partial charge in [-0.15, -0.1) is 0 Å². The fourth-order valence-corrected chi connectivity index (χ4v) is 5.69. The number of allylic oxidation sites excluding steroid dienone is 2. The number of nitrogens with zero attached hydrogens (tertiary/aromatic N) is 3. The number of imidazole rings is 1. The van der Waals surface area contributed by atoms with Gasteiger partial charge in [0.15, 0.2) is 11.4 Å². The highest BCUT2D eigenvalue weighted by atomic mass is 16.5. The standard InChI is InChI=1S/C30H36N4O3/c1-4-37-29(36)24(32-25-19-26(35)30(25)14-6-5-7-15-30)18-21-10-12-22(13-11-21)34-27(17-20(2)3)33-23-9-8-16-31-28(23)34/h8-13,16,19-20,24,32H,4-7,14-15,17-18H2,1-3H3/t24-/m0/s1. The minimum atomic E-state index is -0.545. The van der Waals surface area contributed by atoms with E-state index in [0.717, 1.165) is 72.5 Å². The van der Waals surface area contributed by atoms with Crippen LogP contribution in [0.5, 0.6) is 0 Å². The second-order valence-corrected chi connectivity index (χ2v) is 10.7. The highest BCUT2D eigenvalue weighted by molar-refractivity contribution is 6.05. The molecule has 1 saturated carbocycles. The summed E-state index contributed by atoms with van der Waals surface area (Å²) in [6, 6.07) is 11.6. The van der Waals surface area contributed by atoms with Crippen LogP contribution < -0.4 is 5.32 Å². The zero-order valence-electron chi connectivity index (χ0n) is 22.0. The summed E-state index contributed by atoms with van der Waals surface area (Å²) in [6.45, 7) is 6.51. The van der Waals surface area contributed by atoms with Crippen molar-refractivity contribution in [3.05, 3.63) is 65.8 Å². The molecular formula is C30H36N4O3. The van der Waals surface area contributed by atoms with Gasteiger partial charge in [0.05, 0.1) is 12.0 Å². The van der Waals surface area contributed by atoms with Crippen molar-refractivity contribution in [2.24, 2.45) is 11.3 Å². The van der Waals surface area contributed by atoms with Crippen LogP contribution in [-0.2, 0) is 27.2 Å². The second-order valence-electron chi connectivity index (χ2n) is 10.7. The van der Waals surface area contributed by atoms with Crippen LogP contribution in [0.15, 0.2) is 54.4 Å². The molecule has 2 aliphatic carbocycles. The number of pyridine rings is 1. The lowest BCUT2D eigenvalue weighted by Gasteiger charge is -2.44. The summed E-state index contributed by atoms with van der Waals surface area (Å²) in [7, 11) is 0. The second kappa shape index (κ2) is 10.5. The molecule has 5 rings (SSSR count). The van der Waals surface area contributed by atoms with E-state index < -0.39 is 11.5 Å². The first kappa shape index (κ1) is 25.2. The molecule has 0 radical (unpaired) electrons. The monoisotopic (exact) mass is 500 g/mol. The maximum atomic E-state index is 12.9. The van der Waals surface area contributed by atoms with Gasteiger partial charge in [-0.05, 0) is 55.5 Å². The fraction of sp³-hybridized carbons (Fsp3) is 0.467. The number of nitrogens with one attached hydrogen (secondary N) is 1. The number of esters is 1. The third-order valence-corrected chi connectivity index (χ3v) is 7.58. The van der Waals surface area contributed by atoms with Crippen molar-refractivity contribution in [1.82, 2.24) is 19.9 Å². The first-order chi connectivity index (χ1) is 17.9. The van der Waals surface area contributed by atoms with Crippen LogP contribution in [0, 0.1) is 11.3 Å². The number of ether oxygens (including phenoxy) is 1. The Morgan fingerprint density at radius 2 is 1.86 bits per heavy atom. The minimum Gasteiger partial charge on any atom is -0.464 e. The Morgan fingerprint density at radius 1 is 1.11 bits per heavy atom. The van der Waals surface area contributed by atoms with Crippen LogP contribution in [0.25, 0.3) is 16.9 Å². The Hall–Kier alpha value is -3.48. The molecule has 1 spiro atoms. The van der Waals surface area contributed by atoms with Crippen molar-refractivity contribution >= 4 is 22.9 Å². The predicted molar refractivity (Wildman–Crippen MR) is 143 cm³/mol. The highest BCUT2D eigenvalue weighted by Crippen LogP contribution is 2.48. The average Bonchev–Trinajstić information content (AvgIpc) is 3.26. The molecule has 1 fully saturated rings. The molecule has 37 heavy (non-hydrogen) atoms. The number of benzene rings is 1. The summed E-state index contributed by atoms with van der Waals surface area (Å²) in [5, 5.41) is 3.42. The van der Waals surface area contributed by atoms with E-state index in [4.69, 9.17) is 9.72 Å². The smallest absolute Gasteiger partial charge is 0.328 e.